The van der Waals surface area contributed by atoms with E-state index in [4.69, 9.17) is 0 Å². The Balaban J connectivity index is 1.32. The SMILES string of the molecule is c1ccc(-n2ncc(CN3CCC(C4CCCN4)CC3)n2)cc1. The lowest BCUT2D eigenvalue weighted by Gasteiger charge is -2.34. The first kappa shape index (κ1) is 14.8. The van der Waals surface area contributed by atoms with E-state index in [1.165, 1.54) is 45.3 Å². The second-order valence-electron chi connectivity index (χ2n) is 6.78. The van der Waals surface area contributed by atoms with Gasteiger partial charge in [-0.05, 0) is 63.4 Å². The first-order chi connectivity index (χ1) is 11.4. The fraction of sp³-hybridized carbons (Fsp3) is 0.556. The number of para-hydroxylation sites is 1. The average molecular weight is 311 g/mol. The van der Waals surface area contributed by atoms with Crippen LogP contribution in [0.2, 0.25) is 0 Å². The molecule has 0 spiro atoms. The molecule has 1 atom stereocenters. The van der Waals surface area contributed by atoms with Gasteiger partial charge in [0.15, 0.2) is 0 Å². The van der Waals surface area contributed by atoms with Crippen molar-refractivity contribution in [1.82, 2.24) is 25.2 Å². The Labute approximate surface area is 137 Å². The molecular weight excluding hydrogens is 286 g/mol. The van der Waals surface area contributed by atoms with Gasteiger partial charge in [-0.15, -0.1) is 0 Å². The van der Waals surface area contributed by atoms with Crippen molar-refractivity contribution in [1.29, 1.82) is 0 Å². The average Bonchev–Trinajstić information content (AvgIpc) is 3.28. The Bertz CT molecular complexity index is 609. The van der Waals surface area contributed by atoms with Crippen LogP contribution in [-0.4, -0.2) is 45.6 Å². The Morgan fingerprint density at radius 2 is 1.91 bits per heavy atom. The number of aromatic nitrogens is 3. The predicted molar refractivity (Wildman–Crippen MR) is 90.4 cm³/mol. The number of nitrogens with zero attached hydrogens (tertiary/aromatic N) is 4. The normalized spacial score (nSPS) is 23.4. The predicted octanol–water partition coefficient (Wildman–Crippen LogP) is 2.23. The van der Waals surface area contributed by atoms with Gasteiger partial charge >= 0.3 is 0 Å². The molecule has 1 unspecified atom stereocenters. The van der Waals surface area contributed by atoms with Crippen LogP contribution in [0.25, 0.3) is 5.69 Å². The molecule has 1 N–H and O–H groups in total. The van der Waals surface area contributed by atoms with Crippen molar-refractivity contribution in [3.63, 3.8) is 0 Å². The van der Waals surface area contributed by atoms with Gasteiger partial charge in [0.2, 0.25) is 0 Å². The monoisotopic (exact) mass is 311 g/mol. The van der Waals surface area contributed by atoms with E-state index in [1.54, 1.807) is 4.80 Å². The molecule has 0 radical (unpaired) electrons. The zero-order chi connectivity index (χ0) is 15.5. The topological polar surface area (TPSA) is 46.0 Å². The lowest BCUT2D eigenvalue weighted by molar-refractivity contribution is 0.156. The van der Waals surface area contributed by atoms with Crippen LogP contribution in [0.3, 0.4) is 0 Å². The summed E-state index contributed by atoms with van der Waals surface area (Å²) in [6.45, 7) is 4.49. The van der Waals surface area contributed by atoms with Gasteiger partial charge in [0, 0.05) is 12.6 Å². The highest BCUT2D eigenvalue weighted by Crippen LogP contribution is 2.26. The molecule has 0 saturated carbocycles. The number of piperidine rings is 1. The Morgan fingerprint density at radius 1 is 1.09 bits per heavy atom. The van der Waals surface area contributed by atoms with Gasteiger partial charge in [-0.1, -0.05) is 18.2 Å². The van der Waals surface area contributed by atoms with Crippen molar-refractivity contribution >= 4 is 0 Å². The van der Waals surface area contributed by atoms with Crippen molar-refractivity contribution in [2.24, 2.45) is 5.92 Å². The minimum atomic E-state index is 0.774. The molecule has 2 aromatic rings. The number of nitrogens with one attached hydrogen (secondary N) is 1. The summed E-state index contributed by atoms with van der Waals surface area (Å²) in [4.78, 5) is 4.25. The van der Waals surface area contributed by atoms with Gasteiger partial charge in [0.25, 0.3) is 0 Å². The van der Waals surface area contributed by atoms with Gasteiger partial charge in [0.05, 0.1) is 17.6 Å². The molecule has 1 aromatic heterocycles. The van der Waals surface area contributed by atoms with E-state index in [2.05, 4.69) is 20.4 Å². The zero-order valence-corrected chi connectivity index (χ0v) is 13.6. The Hall–Kier alpha value is -1.72. The first-order valence-electron chi connectivity index (χ1n) is 8.81. The fourth-order valence-electron chi connectivity index (χ4n) is 3.91. The van der Waals surface area contributed by atoms with Gasteiger partial charge in [-0.25, -0.2) is 0 Å². The number of hydrogen-bond acceptors (Lipinski definition) is 4. The van der Waals surface area contributed by atoms with Crippen molar-refractivity contribution in [3.8, 4) is 5.69 Å². The molecule has 3 heterocycles. The van der Waals surface area contributed by atoms with Crippen LogP contribution in [0.4, 0.5) is 0 Å². The molecule has 0 bridgehead atoms. The second-order valence-corrected chi connectivity index (χ2v) is 6.78. The minimum Gasteiger partial charge on any atom is -0.314 e. The summed E-state index contributed by atoms with van der Waals surface area (Å²) in [5, 5.41) is 12.7. The molecule has 4 rings (SSSR count). The molecule has 1 aromatic carbocycles. The molecule has 2 saturated heterocycles. The van der Waals surface area contributed by atoms with Crippen molar-refractivity contribution in [2.45, 2.75) is 38.3 Å². The van der Waals surface area contributed by atoms with Crippen LogP contribution in [0.15, 0.2) is 36.5 Å². The maximum atomic E-state index is 4.62. The minimum absolute atomic E-state index is 0.774. The number of likely N-dealkylation sites (tertiary alicyclic amines) is 1. The number of hydrogen-bond donors (Lipinski definition) is 1. The summed E-state index contributed by atoms with van der Waals surface area (Å²) in [6, 6.07) is 10.9. The van der Waals surface area contributed by atoms with Crippen molar-refractivity contribution in [2.75, 3.05) is 19.6 Å². The molecule has 5 nitrogen and oxygen atoms in total. The Kier molecular flexibility index (Phi) is 4.39. The smallest absolute Gasteiger partial charge is 0.0971 e. The van der Waals surface area contributed by atoms with Crippen LogP contribution in [-0.2, 0) is 6.54 Å². The van der Waals surface area contributed by atoms with E-state index >= 15 is 0 Å². The van der Waals surface area contributed by atoms with Crippen LogP contribution in [0, 0.1) is 5.92 Å². The van der Waals surface area contributed by atoms with E-state index in [1.807, 2.05) is 36.5 Å². The third-order valence-electron chi connectivity index (χ3n) is 5.21. The molecule has 2 aliphatic heterocycles. The third kappa shape index (κ3) is 3.46. The number of rotatable bonds is 4. The molecule has 122 valence electrons. The van der Waals surface area contributed by atoms with Crippen LogP contribution < -0.4 is 5.32 Å². The summed E-state index contributed by atoms with van der Waals surface area (Å²) >= 11 is 0. The van der Waals surface area contributed by atoms with Crippen LogP contribution in [0.1, 0.15) is 31.4 Å². The Morgan fingerprint density at radius 3 is 2.65 bits per heavy atom. The highest BCUT2D eigenvalue weighted by atomic mass is 15.5. The van der Waals surface area contributed by atoms with E-state index in [0.29, 0.717) is 0 Å². The van der Waals surface area contributed by atoms with E-state index in [0.717, 1.165) is 29.9 Å². The van der Waals surface area contributed by atoms with E-state index in [9.17, 15) is 0 Å². The molecule has 0 aliphatic carbocycles. The molecule has 23 heavy (non-hydrogen) atoms. The van der Waals surface area contributed by atoms with Gasteiger partial charge in [0.1, 0.15) is 0 Å². The zero-order valence-electron chi connectivity index (χ0n) is 13.6. The van der Waals surface area contributed by atoms with Crippen LogP contribution in [0.5, 0.6) is 0 Å². The van der Waals surface area contributed by atoms with Gasteiger partial charge in [-0.2, -0.15) is 15.0 Å². The summed E-state index contributed by atoms with van der Waals surface area (Å²) in [7, 11) is 0. The number of benzene rings is 1. The molecule has 0 amide bonds. The van der Waals surface area contributed by atoms with E-state index in [-0.39, 0.29) is 0 Å². The lowest BCUT2D eigenvalue weighted by atomic mass is 9.88. The largest absolute Gasteiger partial charge is 0.314 e. The second kappa shape index (κ2) is 6.81. The van der Waals surface area contributed by atoms with E-state index < -0.39 is 0 Å². The highest BCUT2D eigenvalue weighted by molar-refractivity contribution is 5.28. The quantitative estimate of drug-likeness (QED) is 0.940. The summed E-state index contributed by atoms with van der Waals surface area (Å²) in [5.74, 6) is 0.869. The molecule has 2 aliphatic rings. The first-order valence-corrected chi connectivity index (χ1v) is 8.81. The van der Waals surface area contributed by atoms with Crippen molar-refractivity contribution in [3.05, 3.63) is 42.2 Å². The molecule has 5 heteroatoms. The van der Waals surface area contributed by atoms with Gasteiger partial charge in [-0.3, -0.25) is 4.90 Å². The summed E-state index contributed by atoms with van der Waals surface area (Å²) < 4.78 is 0. The van der Waals surface area contributed by atoms with Crippen molar-refractivity contribution < 1.29 is 0 Å². The highest BCUT2D eigenvalue weighted by Gasteiger charge is 2.28. The fourth-order valence-corrected chi connectivity index (χ4v) is 3.91. The summed E-state index contributed by atoms with van der Waals surface area (Å²) in [5.41, 5.74) is 2.08. The standard InChI is InChI=1S/C18H25N5/c1-2-5-17(6-3-1)23-20-13-16(21-23)14-22-11-8-15(9-12-22)18-7-4-10-19-18/h1-3,5-6,13,15,18-19H,4,7-12,14H2. The lowest BCUT2D eigenvalue weighted by Crippen LogP contribution is -2.40. The van der Waals surface area contributed by atoms with Gasteiger partial charge < -0.3 is 5.32 Å². The molecular formula is C18H25N5. The van der Waals surface area contributed by atoms with Crippen LogP contribution >= 0.6 is 0 Å². The summed E-state index contributed by atoms with van der Waals surface area (Å²) in [6.07, 6.45) is 7.25. The maximum absolute atomic E-state index is 4.62. The maximum Gasteiger partial charge on any atom is 0.0971 e. The third-order valence-corrected chi connectivity index (χ3v) is 5.21. The molecule has 2 fully saturated rings.